The molecule has 0 unspecified atom stereocenters. The van der Waals surface area contributed by atoms with Gasteiger partial charge in [0.05, 0.1) is 10.2 Å². The Hall–Kier alpha value is -2.74. The van der Waals surface area contributed by atoms with Crippen LogP contribution in [0.2, 0.25) is 0 Å². The van der Waals surface area contributed by atoms with E-state index in [0.717, 1.165) is 54.3 Å². The molecule has 29 heavy (non-hydrogen) atoms. The van der Waals surface area contributed by atoms with E-state index in [0.29, 0.717) is 6.04 Å². The average molecular weight is 409 g/mol. The molecule has 2 aromatic carbocycles. The van der Waals surface area contributed by atoms with Crippen molar-refractivity contribution in [1.82, 2.24) is 15.8 Å². The van der Waals surface area contributed by atoms with Crippen LogP contribution >= 0.6 is 11.3 Å². The Morgan fingerprint density at radius 1 is 1.17 bits per heavy atom. The molecule has 2 heterocycles. The highest BCUT2D eigenvalue weighted by Crippen LogP contribution is 2.26. The first-order valence-electron chi connectivity index (χ1n) is 9.77. The Kier molecular flexibility index (Phi) is 6.19. The number of benzene rings is 2. The molecule has 1 saturated heterocycles. The summed E-state index contributed by atoms with van der Waals surface area (Å²) in [6, 6.07) is 16.7. The second kappa shape index (κ2) is 9.17. The Bertz CT molecular complexity index is 976. The number of hydrogen-bond acceptors (Lipinski definition) is 6. The monoisotopic (exact) mass is 408 g/mol. The largest absolute Gasteiger partial charge is 0.371 e. The van der Waals surface area contributed by atoms with Crippen molar-refractivity contribution in [2.45, 2.75) is 25.4 Å². The summed E-state index contributed by atoms with van der Waals surface area (Å²) in [6.45, 7) is 2.71. The van der Waals surface area contributed by atoms with E-state index in [1.807, 2.05) is 24.3 Å². The van der Waals surface area contributed by atoms with E-state index in [1.54, 1.807) is 22.9 Å². The van der Waals surface area contributed by atoms with Crippen molar-refractivity contribution in [2.24, 2.45) is 0 Å². The SMILES string of the molecule is O=C(/C=C/c1ccccc1N1CCC(NCc2nc3ccccc3s2)CC1)NO. The Morgan fingerprint density at radius 3 is 2.72 bits per heavy atom. The number of hydrogen-bond donors (Lipinski definition) is 3. The number of thiazole rings is 1. The molecule has 3 aromatic rings. The van der Waals surface area contributed by atoms with Gasteiger partial charge in [0.2, 0.25) is 0 Å². The van der Waals surface area contributed by atoms with Gasteiger partial charge in [-0.1, -0.05) is 30.3 Å². The number of carbonyl (C=O) groups excluding carboxylic acids is 1. The van der Waals surface area contributed by atoms with Gasteiger partial charge in [-0.05, 0) is 42.7 Å². The number of anilines is 1. The van der Waals surface area contributed by atoms with Crippen molar-refractivity contribution in [3.8, 4) is 0 Å². The number of carbonyl (C=O) groups is 1. The van der Waals surface area contributed by atoms with E-state index >= 15 is 0 Å². The van der Waals surface area contributed by atoms with Crippen LogP contribution in [0.25, 0.3) is 16.3 Å². The van der Waals surface area contributed by atoms with Crippen LogP contribution in [0.1, 0.15) is 23.4 Å². The van der Waals surface area contributed by atoms with Crippen molar-refractivity contribution in [2.75, 3.05) is 18.0 Å². The number of amides is 1. The summed E-state index contributed by atoms with van der Waals surface area (Å²) in [5, 5.41) is 13.5. The first kappa shape index (κ1) is 19.6. The quantitative estimate of drug-likeness (QED) is 0.330. The summed E-state index contributed by atoms with van der Waals surface area (Å²) < 4.78 is 1.23. The molecule has 0 spiro atoms. The van der Waals surface area contributed by atoms with E-state index < -0.39 is 5.91 Å². The van der Waals surface area contributed by atoms with Crippen LogP contribution in [0.15, 0.2) is 54.6 Å². The number of piperidine rings is 1. The number of nitrogens with zero attached hydrogens (tertiary/aromatic N) is 2. The molecule has 0 bridgehead atoms. The van der Waals surface area contributed by atoms with Crippen molar-refractivity contribution < 1.29 is 10.0 Å². The van der Waals surface area contributed by atoms with Gasteiger partial charge < -0.3 is 10.2 Å². The summed E-state index contributed by atoms with van der Waals surface area (Å²) in [4.78, 5) is 18.3. The summed E-state index contributed by atoms with van der Waals surface area (Å²) in [5.74, 6) is -0.530. The van der Waals surface area contributed by atoms with E-state index in [2.05, 4.69) is 34.5 Å². The van der Waals surface area contributed by atoms with Crippen LogP contribution in [-0.2, 0) is 11.3 Å². The first-order chi connectivity index (χ1) is 14.2. The molecule has 1 fully saturated rings. The smallest absolute Gasteiger partial charge is 0.267 e. The predicted octanol–water partition coefficient (Wildman–Crippen LogP) is 3.57. The second-order valence-electron chi connectivity index (χ2n) is 7.09. The predicted molar refractivity (Wildman–Crippen MR) is 117 cm³/mol. The minimum atomic E-state index is -0.530. The summed E-state index contributed by atoms with van der Waals surface area (Å²) in [6.07, 6.45) is 5.18. The fourth-order valence-electron chi connectivity index (χ4n) is 3.67. The van der Waals surface area contributed by atoms with Crippen molar-refractivity contribution in [3.63, 3.8) is 0 Å². The molecule has 6 nitrogen and oxygen atoms in total. The fraction of sp³-hybridized carbons (Fsp3) is 0.273. The van der Waals surface area contributed by atoms with E-state index in [9.17, 15) is 4.79 Å². The lowest BCUT2D eigenvalue weighted by Gasteiger charge is -2.34. The Balaban J connectivity index is 1.33. The average Bonchev–Trinajstić information content (AvgIpc) is 3.20. The van der Waals surface area contributed by atoms with Crippen LogP contribution < -0.4 is 15.7 Å². The van der Waals surface area contributed by atoms with Gasteiger partial charge >= 0.3 is 0 Å². The first-order valence-corrected chi connectivity index (χ1v) is 10.6. The maximum absolute atomic E-state index is 11.3. The van der Waals surface area contributed by atoms with Gasteiger partial charge in [0, 0.05) is 37.4 Å². The van der Waals surface area contributed by atoms with Crippen molar-refractivity contribution in [1.29, 1.82) is 0 Å². The molecular formula is C22H24N4O2S. The van der Waals surface area contributed by atoms with Gasteiger partial charge in [-0.2, -0.15) is 0 Å². The molecule has 1 aliphatic rings. The number of nitrogens with one attached hydrogen (secondary N) is 2. The minimum Gasteiger partial charge on any atom is -0.371 e. The highest BCUT2D eigenvalue weighted by Gasteiger charge is 2.20. The zero-order chi connectivity index (χ0) is 20.1. The topological polar surface area (TPSA) is 77.5 Å². The number of para-hydroxylation sites is 2. The summed E-state index contributed by atoms with van der Waals surface area (Å²) in [5.41, 5.74) is 4.78. The standard InChI is InChI=1S/C22H24N4O2S/c27-21(25-28)10-9-16-5-1-3-7-19(16)26-13-11-17(12-14-26)23-15-22-24-18-6-2-4-8-20(18)29-22/h1-10,17,23,28H,11-15H2,(H,25,27)/b10-9+. The maximum Gasteiger partial charge on any atom is 0.267 e. The van der Waals surface area contributed by atoms with Gasteiger partial charge in [0.1, 0.15) is 5.01 Å². The van der Waals surface area contributed by atoms with Crippen LogP contribution in [0.3, 0.4) is 0 Å². The number of rotatable bonds is 6. The van der Waals surface area contributed by atoms with Gasteiger partial charge in [-0.3, -0.25) is 10.0 Å². The number of aromatic nitrogens is 1. The lowest BCUT2D eigenvalue weighted by molar-refractivity contribution is -0.124. The van der Waals surface area contributed by atoms with Gasteiger partial charge in [0.15, 0.2) is 0 Å². The summed E-state index contributed by atoms with van der Waals surface area (Å²) >= 11 is 1.75. The molecule has 0 radical (unpaired) electrons. The van der Waals surface area contributed by atoms with Crippen LogP contribution in [0, 0.1) is 0 Å². The van der Waals surface area contributed by atoms with Crippen LogP contribution in [-0.4, -0.2) is 35.2 Å². The van der Waals surface area contributed by atoms with E-state index in [4.69, 9.17) is 10.2 Å². The number of fused-ring (bicyclic) bond motifs is 1. The summed E-state index contributed by atoms with van der Waals surface area (Å²) in [7, 11) is 0. The molecule has 150 valence electrons. The molecule has 3 N–H and O–H groups in total. The van der Waals surface area contributed by atoms with Gasteiger partial charge in [-0.25, -0.2) is 10.5 Å². The Labute approximate surface area is 173 Å². The minimum absolute atomic E-state index is 0.473. The molecule has 1 aliphatic heterocycles. The van der Waals surface area contributed by atoms with Crippen LogP contribution in [0.5, 0.6) is 0 Å². The third-order valence-corrected chi connectivity index (χ3v) is 6.21. The highest BCUT2D eigenvalue weighted by molar-refractivity contribution is 7.18. The maximum atomic E-state index is 11.3. The molecule has 4 rings (SSSR count). The Morgan fingerprint density at radius 2 is 1.93 bits per heavy atom. The third kappa shape index (κ3) is 4.82. The molecule has 7 heteroatoms. The molecule has 1 aromatic heterocycles. The molecular weight excluding hydrogens is 384 g/mol. The second-order valence-corrected chi connectivity index (χ2v) is 8.20. The highest BCUT2D eigenvalue weighted by atomic mass is 32.1. The van der Waals surface area contributed by atoms with Crippen molar-refractivity contribution >= 4 is 39.2 Å². The fourth-order valence-corrected chi connectivity index (χ4v) is 4.59. The third-order valence-electron chi connectivity index (χ3n) is 5.18. The molecule has 0 saturated carbocycles. The molecule has 1 amide bonds. The zero-order valence-corrected chi connectivity index (χ0v) is 16.9. The molecule has 0 atom stereocenters. The van der Waals surface area contributed by atoms with E-state index in [1.165, 1.54) is 10.8 Å². The van der Waals surface area contributed by atoms with Gasteiger partial charge in [-0.15, -0.1) is 11.3 Å². The van der Waals surface area contributed by atoms with Gasteiger partial charge in [0.25, 0.3) is 5.91 Å². The van der Waals surface area contributed by atoms with Crippen molar-refractivity contribution in [3.05, 3.63) is 65.2 Å². The lowest BCUT2D eigenvalue weighted by atomic mass is 10.0. The molecule has 0 aliphatic carbocycles. The zero-order valence-electron chi connectivity index (χ0n) is 16.0. The normalized spacial score (nSPS) is 15.3. The van der Waals surface area contributed by atoms with Crippen LogP contribution in [0.4, 0.5) is 5.69 Å². The number of hydroxylamine groups is 1. The lowest BCUT2D eigenvalue weighted by Crippen LogP contribution is -2.42. The van der Waals surface area contributed by atoms with E-state index in [-0.39, 0.29) is 0 Å².